The van der Waals surface area contributed by atoms with E-state index in [-0.39, 0.29) is 18.3 Å². The molecule has 22 heavy (non-hydrogen) atoms. The van der Waals surface area contributed by atoms with Crippen LogP contribution < -0.4 is 5.32 Å². The molecule has 3 nitrogen and oxygen atoms in total. The number of halogens is 3. The summed E-state index contributed by atoms with van der Waals surface area (Å²) in [5, 5.41) is 4.31. The molecule has 1 aromatic heterocycles. The van der Waals surface area contributed by atoms with Gasteiger partial charge in [-0.1, -0.05) is 29.3 Å². The van der Waals surface area contributed by atoms with Crippen molar-refractivity contribution >= 4 is 52.9 Å². The molecule has 7 heteroatoms. The van der Waals surface area contributed by atoms with Gasteiger partial charge in [-0.3, -0.25) is 4.79 Å². The number of carbonyl (C=O) groups is 1. The minimum Gasteiger partial charge on any atom is -0.335 e. The molecule has 0 unspecified atom stereocenters. The number of nitrogens with zero attached hydrogens (tertiary/aromatic N) is 1. The fourth-order valence-corrected chi connectivity index (χ4v) is 3.55. The lowest BCUT2D eigenvalue weighted by Crippen LogP contribution is -2.46. The van der Waals surface area contributed by atoms with Crippen LogP contribution in [0.25, 0.3) is 10.4 Å². The van der Waals surface area contributed by atoms with Gasteiger partial charge >= 0.3 is 0 Å². The molecule has 2 aromatic rings. The third-order valence-corrected chi connectivity index (χ3v) is 5.29. The van der Waals surface area contributed by atoms with Crippen LogP contribution in [-0.4, -0.2) is 37.0 Å². The first kappa shape index (κ1) is 17.6. The number of rotatable bonds is 2. The first-order valence-electron chi connectivity index (χ1n) is 6.70. The Labute approximate surface area is 149 Å². The Kier molecular flexibility index (Phi) is 6.12. The van der Waals surface area contributed by atoms with Crippen molar-refractivity contribution in [3.63, 3.8) is 0 Å². The topological polar surface area (TPSA) is 32.3 Å². The van der Waals surface area contributed by atoms with Gasteiger partial charge in [-0.05, 0) is 29.8 Å². The van der Waals surface area contributed by atoms with Gasteiger partial charge in [0.05, 0.1) is 14.9 Å². The highest BCUT2D eigenvalue weighted by Gasteiger charge is 2.19. The average Bonchev–Trinajstić information content (AvgIpc) is 3.00. The number of nitrogens with one attached hydrogen (secondary N) is 1. The largest absolute Gasteiger partial charge is 0.335 e. The van der Waals surface area contributed by atoms with Crippen molar-refractivity contribution in [2.24, 2.45) is 0 Å². The van der Waals surface area contributed by atoms with Crippen molar-refractivity contribution in [3.8, 4) is 10.4 Å². The maximum atomic E-state index is 12.4. The van der Waals surface area contributed by atoms with Gasteiger partial charge < -0.3 is 10.2 Å². The summed E-state index contributed by atoms with van der Waals surface area (Å²) in [4.78, 5) is 16.1. The average molecular weight is 378 g/mol. The molecule has 0 aliphatic carbocycles. The summed E-state index contributed by atoms with van der Waals surface area (Å²) in [5.74, 6) is 0.104. The number of hydrogen-bond acceptors (Lipinski definition) is 3. The van der Waals surface area contributed by atoms with E-state index in [0.717, 1.165) is 41.5 Å². The number of piperazine rings is 1. The van der Waals surface area contributed by atoms with E-state index in [2.05, 4.69) is 5.32 Å². The smallest absolute Gasteiger partial charge is 0.264 e. The fraction of sp³-hybridized carbons (Fsp3) is 0.267. The Bertz CT molecular complexity index is 669. The summed E-state index contributed by atoms with van der Waals surface area (Å²) in [6, 6.07) is 9.36. The monoisotopic (exact) mass is 376 g/mol. The highest BCUT2D eigenvalue weighted by Crippen LogP contribution is 2.33. The van der Waals surface area contributed by atoms with Crippen molar-refractivity contribution in [1.29, 1.82) is 0 Å². The van der Waals surface area contributed by atoms with Crippen LogP contribution in [0.1, 0.15) is 9.67 Å². The third-order valence-electron chi connectivity index (χ3n) is 3.43. The Hall–Kier alpha value is -0.780. The van der Waals surface area contributed by atoms with Gasteiger partial charge in [0.15, 0.2) is 0 Å². The maximum Gasteiger partial charge on any atom is 0.264 e. The van der Waals surface area contributed by atoms with E-state index < -0.39 is 0 Å². The Morgan fingerprint density at radius 3 is 2.50 bits per heavy atom. The summed E-state index contributed by atoms with van der Waals surface area (Å²) < 4.78 is 0. The molecule has 1 N–H and O–H groups in total. The molecule has 1 amide bonds. The van der Waals surface area contributed by atoms with Crippen LogP contribution in [0.4, 0.5) is 0 Å². The predicted molar refractivity (Wildman–Crippen MR) is 95.8 cm³/mol. The zero-order chi connectivity index (χ0) is 14.8. The number of hydrogen-bond donors (Lipinski definition) is 1. The molecule has 0 bridgehead atoms. The van der Waals surface area contributed by atoms with E-state index in [9.17, 15) is 4.79 Å². The summed E-state index contributed by atoms with van der Waals surface area (Å²) in [6.45, 7) is 3.24. The van der Waals surface area contributed by atoms with Crippen molar-refractivity contribution in [2.75, 3.05) is 26.2 Å². The van der Waals surface area contributed by atoms with E-state index in [1.54, 1.807) is 6.07 Å². The molecule has 1 aliphatic heterocycles. The van der Waals surface area contributed by atoms with Gasteiger partial charge in [-0.25, -0.2) is 0 Å². The number of thiophene rings is 1. The molecule has 1 aliphatic rings. The molecule has 0 spiro atoms. The second-order valence-electron chi connectivity index (χ2n) is 4.83. The molecule has 118 valence electrons. The Morgan fingerprint density at radius 1 is 1.09 bits per heavy atom. The highest BCUT2D eigenvalue weighted by molar-refractivity contribution is 7.17. The molecular formula is C15H15Cl3N2OS. The first-order valence-corrected chi connectivity index (χ1v) is 8.27. The fourth-order valence-electron chi connectivity index (χ4n) is 2.28. The summed E-state index contributed by atoms with van der Waals surface area (Å²) in [6.07, 6.45) is 0. The zero-order valence-electron chi connectivity index (χ0n) is 11.6. The molecule has 3 rings (SSSR count). The lowest BCUT2D eigenvalue weighted by Gasteiger charge is -2.26. The standard InChI is InChI=1S/C15H14Cl2N2OS.ClH/c16-11-2-1-10(9-12(11)17)13-3-4-14(21-13)15(20)19-7-5-18-6-8-19;/h1-4,9,18H,5-8H2;1H. The predicted octanol–water partition coefficient (Wildman–Crippen LogP) is 4.19. The molecule has 1 fully saturated rings. The van der Waals surface area contributed by atoms with E-state index in [4.69, 9.17) is 23.2 Å². The third kappa shape index (κ3) is 3.76. The van der Waals surface area contributed by atoms with E-state index >= 15 is 0 Å². The van der Waals surface area contributed by atoms with Gasteiger partial charge in [-0.2, -0.15) is 0 Å². The lowest BCUT2D eigenvalue weighted by molar-refractivity contribution is 0.0740. The van der Waals surface area contributed by atoms with Crippen LogP contribution in [0.5, 0.6) is 0 Å². The second kappa shape index (κ2) is 7.66. The summed E-state index contributed by atoms with van der Waals surface area (Å²) in [7, 11) is 0. The Balaban J connectivity index is 0.00000176. The maximum absolute atomic E-state index is 12.4. The van der Waals surface area contributed by atoms with Gasteiger partial charge in [-0.15, -0.1) is 23.7 Å². The lowest BCUT2D eigenvalue weighted by atomic mass is 10.2. The number of benzene rings is 1. The SMILES string of the molecule is Cl.O=C(c1ccc(-c2ccc(Cl)c(Cl)c2)s1)N1CCNCC1. The van der Waals surface area contributed by atoms with Crippen LogP contribution in [0.3, 0.4) is 0 Å². The van der Waals surface area contributed by atoms with Crippen LogP contribution in [0.2, 0.25) is 10.0 Å². The van der Waals surface area contributed by atoms with Gasteiger partial charge in [0, 0.05) is 31.1 Å². The van der Waals surface area contributed by atoms with E-state index in [0.29, 0.717) is 10.0 Å². The molecular weight excluding hydrogens is 363 g/mol. The summed E-state index contributed by atoms with van der Waals surface area (Å²) >= 11 is 13.5. The number of carbonyl (C=O) groups excluding carboxylic acids is 1. The minimum absolute atomic E-state index is 0. The molecule has 0 atom stereocenters. The zero-order valence-corrected chi connectivity index (χ0v) is 14.8. The second-order valence-corrected chi connectivity index (χ2v) is 6.73. The Morgan fingerprint density at radius 2 is 1.82 bits per heavy atom. The van der Waals surface area contributed by atoms with Crippen molar-refractivity contribution in [1.82, 2.24) is 10.2 Å². The van der Waals surface area contributed by atoms with Crippen molar-refractivity contribution in [2.45, 2.75) is 0 Å². The van der Waals surface area contributed by atoms with Crippen LogP contribution in [0, 0.1) is 0 Å². The molecule has 1 saturated heterocycles. The van der Waals surface area contributed by atoms with Gasteiger partial charge in [0.2, 0.25) is 0 Å². The van der Waals surface area contributed by atoms with E-state index in [1.807, 2.05) is 29.2 Å². The van der Waals surface area contributed by atoms with Crippen LogP contribution in [0.15, 0.2) is 30.3 Å². The highest BCUT2D eigenvalue weighted by atomic mass is 35.5. The van der Waals surface area contributed by atoms with Crippen molar-refractivity contribution < 1.29 is 4.79 Å². The number of amides is 1. The first-order chi connectivity index (χ1) is 10.1. The van der Waals surface area contributed by atoms with Gasteiger partial charge in [0.1, 0.15) is 0 Å². The normalized spacial score (nSPS) is 14.5. The molecule has 0 radical (unpaired) electrons. The van der Waals surface area contributed by atoms with Crippen molar-refractivity contribution in [3.05, 3.63) is 45.3 Å². The van der Waals surface area contributed by atoms with Crippen LogP contribution >= 0.6 is 46.9 Å². The quantitative estimate of drug-likeness (QED) is 0.851. The minimum atomic E-state index is 0. The van der Waals surface area contributed by atoms with Crippen LogP contribution in [-0.2, 0) is 0 Å². The summed E-state index contributed by atoms with van der Waals surface area (Å²) in [5.41, 5.74) is 0.980. The van der Waals surface area contributed by atoms with Gasteiger partial charge in [0.25, 0.3) is 5.91 Å². The molecule has 0 saturated carbocycles. The van der Waals surface area contributed by atoms with E-state index in [1.165, 1.54) is 11.3 Å². The molecule has 2 heterocycles. The molecule has 1 aromatic carbocycles.